The van der Waals surface area contributed by atoms with E-state index >= 15 is 0 Å². The van der Waals surface area contributed by atoms with Crippen LogP contribution in [-0.4, -0.2) is 69.8 Å². The highest BCUT2D eigenvalue weighted by molar-refractivity contribution is 5.80. The molecule has 1 amide bonds. The van der Waals surface area contributed by atoms with Crippen molar-refractivity contribution in [1.82, 2.24) is 10.2 Å². The molecule has 6 heteroatoms. The molecular weight excluding hydrogens is 304 g/mol. The van der Waals surface area contributed by atoms with Gasteiger partial charge in [0.25, 0.3) is 0 Å². The van der Waals surface area contributed by atoms with E-state index in [-0.39, 0.29) is 12.0 Å². The van der Waals surface area contributed by atoms with Crippen LogP contribution in [0.25, 0.3) is 0 Å². The van der Waals surface area contributed by atoms with Crippen molar-refractivity contribution in [3.8, 4) is 0 Å². The third-order valence-electron chi connectivity index (χ3n) is 4.74. The first-order valence-electron chi connectivity index (χ1n) is 8.86. The van der Waals surface area contributed by atoms with Gasteiger partial charge in [-0.15, -0.1) is 0 Å². The molecule has 0 saturated carbocycles. The molecule has 0 aromatic heterocycles. The first-order valence-corrected chi connectivity index (χ1v) is 8.86. The fraction of sp³-hybridized carbons (Fsp3) is 0.611. The number of nitrogens with one attached hydrogen (secondary N) is 2. The van der Waals surface area contributed by atoms with Crippen molar-refractivity contribution in [2.24, 2.45) is 0 Å². The molecule has 0 bridgehead atoms. The summed E-state index contributed by atoms with van der Waals surface area (Å²) in [5, 5.41) is 6.10. The van der Waals surface area contributed by atoms with Crippen LogP contribution in [0.15, 0.2) is 24.3 Å². The highest BCUT2D eigenvalue weighted by Crippen LogP contribution is 2.19. The average Bonchev–Trinajstić information content (AvgIpc) is 3.13. The van der Waals surface area contributed by atoms with Crippen LogP contribution in [0.2, 0.25) is 0 Å². The zero-order chi connectivity index (χ0) is 16.8. The zero-order valence-corrected chi connectivity index (χ0v) is 14.5. The number of benzene rings is 1. The molecule has 1 unspecified atom stereocenters. The minimum absolute atomic E-state index is 0.00800. The van der Waals surface area contributed by atoms with Crippen molar-refractivity contribution >= 4 is 17.3 Å². The second-order valence-corrected chi connectivity index (χ2v) is 6.63. The van der Waals surface area contributed by atoms with Crippen LogP contribution in [0.3, 0.4) is 0 Å². The summed E-state index contributed by atoms with van der Waals surface area (Å²) >= 11 is 0. The lowest BCUT2D eigenvalue weighted by molar-refractivity contribution is -0.119. The maximum absolute atomic E-state index is 11.9. The quantitative estimate of drug-likeness (QED) is 0.818. The number of rotatable bonds is 6. The lowest BCUT2D eigenvalue weighted by Gasteiger charge is -2.34. The summed E-state index contributed by atoms with van der Waals surface area (Å²) in [5.74, 6) is 0.00800. The number of nitrogens with zero attached hydrogens (tertiary/aromatic N) is 2. The highest BCUT2D eigenvalue weighted by Gasteiger charge is 2.16. The minimum Gasteiger partial charge on any atom is -0.376 e. The van der Waals surface area contributed by atoms with E-state index < -0.39 is 0 Å². The Morgan fingerprint density at radius 2 is 1.96 bits per heavy atom. The molecule has 1 atom stereocenters. The van der Waals surface area contributed by atoms with Crippen LogP contribution < -0.4 is 15.5 Å². The number of carbonyl (C=O) groups is 1. The fourth-order valence-electron chi connectivity index (χ4n) is 3.13. The van der Waals surface area contributed by atoms with E-state index in [1.165, 1.54) is 5.69 Å². The Morgan fingerprint density at radius 3 is 2.62 bits per heavy atom. The lowest BCUT2D eigenvalue weighted by Crippen LogP contribution is -2.44. The smallest absolute Gasteiger partial charge is 0.239 e. The van der Waals surface area contributed by atoms with Gasteiger partial charge in [-0.1, -0.05) is 0 Å². The normalized spacial score (nSPS) is 21.7. The summed E-state index contributed by atoms with van der Waals surface area (Å²) in [6, 6.07) is 8.33. The predicted octanol–water partition coefficient (Wildman–Crippen LogP) is 1.15. The van der Waals surface area contributed by atoms with E-state index in [2.05, 4.69) is 39.6 Å². The molecule has 0 aliphatic carbocycles. The average molecular weight is 332 g/mol. The van der Waals surface area contributed by atoms with Gasteiger partial charge in [0.15, 0.2) is 0 Å². The lowest BCUT2D eigenvalue weighted by atomic mass is 10.2. The molecule has 1 aromatic rings. The molecule has 3 rings (SSSR count). The Hall–Kier alpha value is -1.79. The fourth-order valence-corrected chi connectivity index (χ4v) is 3.13. The van der Waals surface area contributed by atoms with Gasteiger partial charge in [-0.3, -0.25) is 4.79 Å². The summed E-state index contributed by atoms with van der Waals surface area (Å²) in [4.78, 5) is 16.6. The van der Waals surface area contributed by atoms with Gasteiger partial charge in [-0.25, -0.2) is 0 Å². The molecule has 132 valence electrons. The molecule has 0 spiro atoms. The van der Waals surface area contributed by atoms with Gasteiger partial charge in [0.05, 0.1) is 12.6 Å². The summed E-state index contributed by atoms with van der Waals surface area (Å²) in [6.45, 7) is 6.06. The Balaban J connectivity index is 1.40. The van der Waals surface area contributed by atoms with Gasteiger partial charge >= 0.3 is 0 Å². The van der Waals surface area contributed by atoms with Crippen LogP contribution in [0.4, 0.5) is 11.4 Å². The van der Waals surface area contributed by atoms with Crippen molar-refractivity contribution in [2.75, 3.05) is 63.1 Å². The Kier molecular flexibility index (Phi) is 5.93. The van der Waals surface area contributed by atoms with Crippen LogP contribution in [-0.2, 0) is 9.53 Å². The number of anilines is 2. The Morgan fingerprint density at radius 1 is 1.21 bits per heavy atom. The van der Waals surface area contributed by atoms with Crippen LogP contribution in [0, 0.1) is 0 Å². The molecular formula is C18H28N4O2. The summed E-state index contributed by atoms with van der Waals surface area (Å²) in [5.41, 5.74) is 2.22. The van der Waals surface area contributed by atoms with Crippen molar-refractivity contribution in [2.45, 2.75) is 18.9 Å². The van der Waals surface area contributed by atoms with Crippen molar-refractivity contribution in [3.63, 3.8) is 0 Å². The first kappa shape index (κ1) is 17.0. The number of carbonyl (C=O) groups excluding carboxylic acids is 1. The maximum atomic E-state index is 11.9. The number of amides is 1. The van der Waals surface area contributed by atoms with E-state index in [0.29, 0.717) is 13.1 Å². The van der Waals surface area contributed by atoms with Gasteiger partial charge in [0, 0.05) is 50.7 Å². The second-order valence-electron chi connectivity index (χ2n) is 6.63. The van der Waals surface area contributed by atoms with Gasteiger partial charge in [-0.05, 0) is 44.2 Å². The number of likely N-dealkylation sites (N-methyl/N-ethyl adjacent to an activating group) is 1. The Bertz CT molecular complexity index is 520. The summed E-state index contributed by atoms with van der Waals surface area (Å²) in [6.07, 6.45) is 2.33. The third kappa shape index (κ3) is 4.85. The van der Waals surface area contributed by atoms with Crippen molar-refractivity contribution in [1.29, 1.82) is 0 Å². The minimum atomic E-state index is 0.00800. The molecule has 2 fully saturated rings. The second kappa shape index (κ2) is 8.35. The van der Waals surface area contributed by atoms with Gasteiger partial charge in [0.2, 0.25) is 5.91 Å². The molecule has 2 N–H and O–H groups in total. The highest BCUT2D eigenvalue weighted by atomic mass is 16.5. The number of ether oxygens (including phenoxy) is 1. The van der Waals surface area contributed by atoms with Gasteiger partial charge < -0.3 is 25.2 Å². The van der Waals surface area contributed by atoms with Crippen LogP contribution in [0.5, 0.6) is 0 Å². The molecule has 2 heterocycles. The SMILES string of the molecule is CN1CCN(c2ccc(NCC(=O)NCC3CCCO3)cc2)CC1. The molecule has 0 radical (unpaired) electrons. The van der Waals surface area contributed by atoms with Crippen molar-refractivity contribution in [3.05, 3.63) is 24.3 Å². The van der Waals surface area contributed by atoms with Crippen LogP contribution in [0.1, 0.15) is 12.8 Å². The van der Waals surface area contributed by atoms with E-state index in [1.54, 1.807) is 0 Å². The zero-order valence-electron chi connectivity index (χ0n) is 14.5. The van der Waals surface area contributed by atoms with Gasteiger partial charge in [0.1, 0.15) is 0 Å². The van der Waals surface area contributed by atoms with Crippen LogP contribution >= 0.6 is 0 Å². The topological polar surface area (TPSA) is 56.8 Å². The molecule has 2 aliphatic heterocycles. The van der Waals surface area contributed by atoms with Gasteiger partial charge in [-0.2, -0.15) is 0 Å². The number of piperazine rings is 1. The molecule has 2 aliphatic rings. The number of hydrogen-bond acceptors (Lipinski definition) is 5. The van der Waals surface area contributed by atoms with Crippen molar-refractivity contribution < 1.29 is 9.53 Å². The molecule has 6 nitrogen and oxygen atoms in total. The maximum Gasteiger partial charge on any atom is 0.239 e. The largest absolute Gasteiger partial charge is 0.376 e. The van der Waals surface area contributed by atoms with E-state index in [4.69, 9.17) is 4.74 Å². The molecule has 2 saturated heterocycles. The standard InChI is InChI=1S/C18H28N4O2/c1-21-8-10-22(11-9-21)16-6-4-15(5-7-16)19-14-18(23)20-13-17-3-2-12-24-17/h4-7,17,19H,2-3,8-14H2,1H3,(H,20,23). The monoisotopic (exact) mass is 332 g/mol. The third-order valence-corrected chi connectivity index (χ3v) is 4.74. The molecule has 24 heavy (non-hydrogen) atoms. The van der Waals surface area contributed by atoms with E-state index in [9.17, 15) is 4.79 Å². The van der Waals surface area contributed by atoms with E-state index in [1.807, 2.05) is 12.1 Å². The Labute approximate surface area is 144 Å². The predicted molar refractivity (Wildman–Crippen MR) is 96.6 cm³/mol. The number of hydrogen-bond donors (Lipinski definition) is 2. The summed E-state index contributed by atoms with van der Waals surface area (Å²) < 4.78 is 5.50. The summed E-state index contributed by atoms with van der Waals surface area (Å²) in [7, 11) is 2.16. The molecule has 1 aromatic carbocycles. The first-order chi connectivity index (χ1) is 11.7. The van der Waals surface area contributed by atoms with E-state index in [0.717, 1.165) is 51.3 Å².